The Hall–Kier alpha value is -0.580. The molecule has 3 nitrogen and oxygen atoms in total. The summed E-state index contributed by atoms with van der Waals surface area (Å²) < 4.78 is 18.4. The van der Waals surface area contributed by atoms with Crippen molar-refractivity contribution in [2.24, 2.45) is 5.41 Å². The van der Waals surface area contributed by atoms with Crippen molar-refractivity contribution >= 4 is 15.9 Å². The van der Waals surface area contributed by atoms with E-state index in [0.717, 1.165) is 10.2 Å². The largest absolute Gasteiger partial charge is 0.488 e. The minimum atomic E-state index is -0.653. The van der Waals surface area contributed by atoms with Crippen LogP contribution in [0.25, 0.3) is 0 Å². The molecule has 1 aliphatic heterocycles. The Balaban J connectivity index is 2.05. The van der Waals surface area contributed by atoms with Crippen LogP contribution in [0.1, 0.15) is 20.8 Å². The Morgan fingerprint density at radius 1 is 1.17 bits per heavy atom. The molecule has 0 unspecified atom stereocenters. The van der Waals surface area contributed by atoms with Crippen LogP contribution in [0.2, 0.25) is 0 Å². The van der Waals surface area contributed by atoms with Gasteiger partial charge in [-0.2, -0.15) is 0 Å². The van der Waals surface area contributed by atoms with Gasteiger partial charge in [0.2, 0.25) is 5.79 Å². The monoisotopic (exact) mass is 314 g/mol. The number of rotatable bonds is 3. The highest BCUT2D eigenvalue weighted by Gasteiger charge is 2.48. The summed E-state index contributed by atoms with van der Waals surface area (Å²) in [6.07, 6.45) is 0. The van der Waals surface area contributed by atoms with E-state index in [0.29, 0.717) is 19.8 Å². The molecular formula is C14H19BrO3. The highest BCUT2D eigenvalue weighted by molar-refractivity contribution is 9.10. The third-order valence-electron chi connectivity index (χ3n) is 3.14. The average Bonchev–Trinajstić information content (AvgIpc) is 2.78. The lowest BCUT2D eigenvalue weighted by atomic mass is 9.86. The average molecular weight is 315 g/mol. The molecule has 1 aromatic rings. The van der Waals surface area contributed by atoms with Crippen LogP contribution in [-0.2, 0) is 9.47 Å². The number of hydrogen-bond donors (Lipinski definition) is 0. The fourth-order valence-corrected chi connectivity index (χ4v) is 2.16. The van der Waals surface area contributed by atoms with Crippen molar-refractivity contribution in [3.05, 3.63) is 28.7 Å². The maximum absolute atomic E-state index is 5.80. The summed E-state index contributed by atoms with van der Waals surface area (Å²) in [6, 6.07) is 7.76. The van der Waals surface area contributed by atoms with Crippen LogP contribution in [0, 0.1) is 5.41 Å². The fraction of sp³-hybridized carbons (Fsp3) is 0.571. The summed E-state index contributed by atoms with van der Waals surface area (Å²) >= 11 is 3.40. The molecule has 18 heavy (non-hydrogen) atoms. The molecule has 0 bridgehead atoms. The summed E-state index contributed by atoms with van der Waals surface area (Å²) in [5.41, 5.74) is -0.126. The van der Waals surface area contributed by atoms with Gasteiger partial charge in [0.25, 0.3) is 0 Å². The minimum Gasteiger partial charge on any atom is -0.488 e. The van der Waals surface area contributed by atoms with E-state index in [9.17, 15) is 0 Å². The first-order valence-corrected chi connectivity index (χ1v) is 6.89. The zero-order valence-corrected chi connectivity index (χ0v) is 12.6. The van der Waals surface area contributed by atoms with Crippen molar-refractivity contribution in [2.45, 2.75) is 26.6 Å². The summed E-state index contributed by atoms with van der Waals surface area (Å²) in [4.78, 5) is 0. The predicted octanol–water partition coefficient (Wildman–Crippen LogP) is 3.62. The predicted molar refractivity (Wildman–Crippen MR) is 73.7 cm³/mol. The minimum absolute atomic E-state index is 0.126. The number of halogens is 1. The lowest BCUT2D eigenvalue weighted by molar-refractivity contribution is -0.237. The van der Waals surface area contributed by atoms with Gasteiger partial charge in [0.05, 0.1) is 13.2 Å². The smallest absolute Gasteiger partial charge is 0.208 e. The first-order chi connectivity index (χ1) is 8.43. The molecule has 0 spiro atoms. The fourth-order valence-electron chi connectivity index (χ4n) is 1.90. The topological polar surface area (TPSA) is 27.7 Å². The van der Waals surface area contributed by atoms with Crippen molar-refractivity contribution in [3.63, 3.8) is 0 Å². The third-order valence-corrected chi connectivity index (χ3v) is 3.67. The maximum Gasteiger partial charge on any atom is 0.208 e. The quantitative estimate of drug-likeness (QED) is 0.853. The molecule has 0 N–H and O–H groups in total. The molecule has 4 heteroatoms. The van der Waals surface area contributed by atoms with E-state index < -0.39 is 5.79 Å². The zero-order chi connectivity index (χ0) is 13.2. The van der Waals surface area contributed by atoms with Crippen LogP contribution < -0.4 is 4.74 Å². The standard InChI is InChI=1S/C14H19BrO3/c1-13(2,3)14(17-8-9-18-14)10-16-12-6-4-11(15)5-7-12/h4-7H,8-10H2,1-3H3. The van der Waals surface area contributed by atoms with Crippen LogP contribution in [-0.4, -0.2) is 25.6 Å². The van der Waals surface area contributed by atoms with Crippen LogP contribution in [0.15, 0.2) is 28.7 Å². The Morgan fingerprint density at radius 3 is 2.22 bits per heavy atom. The van der Waals surface area contributed by atoms with Gasteiger partial charge in [0, 0.05) is 9.89 Å². The van der Waals surface area contributed by atoms with Crippen molar-refractivity contribution in [1.82, 2.24) is 0 Å². The van der Waals surface area contributed by atoms with Gasteiger partial charge in [-0.1, -0.05) is 36.7 Å². The van der Waals surface area contributed by atoms with Crippen molar-refractivity contribution in [1.29, 1.82) is 0 Å². The third kappa shape index (κ3) is 2.87. The van der Waals surface area contributed by atoms with Crippen molar-refractivity contribution in [2.75, 3.05) is 19.8 Å². The van der Waals surface area contributed by atoms with Gasteiger partial charge in [-0.15, -0.1) is 0 Å². The molecule has 1 saturated heterocycles. The number of ether oxygens (including phenoxy) is 3. The molecule has 1 aliphatic rings. The second-order valence-electron chi connectivity index (χ2n) is 5.44. The van der Waals surface area contributed by atoms with Crippen LogP contribution in [0.5, 0.6) is 5.75 Å². The Morgan fingerprint density at radius 2 is 1.72 bits per heavy atom. The van der Waals surface area contributed by atoms with E-state index in [4.69, 9.17) is 14.2 Å². The molecule has 0 saturated carbocycles. The maximum atomic E-state index is 5.80. The van der Waals surface area contributed by atoms with E-state index in [1.165, 1.54) is 0 Å². The SMILES string of the molecule is CC(C)(C)C1(COc2ccc(Br)cc2)OCCO1. The highest BCUT2D eigenvalue weighted by Crippen LogP contribution is 2.38. The van der Waals surface area contributed by atoms with Gasteiger partial charge in [-0.3, -0.25) is 0 Å². The number of hydrogen-bond acceptors (Lipinski definition) is 3. The van der Waals surface area contributed by atoms with Crippen LogP contribution in [0.3, 0.4) is 0 Å². The first-order valence-electron chi connectivity index (χ1n) is 6.09. The molecule has 0 aromatic heterocycles. The van der Waals surface area contributed by atoms with E-state index in [2.05, 4.69) is 36.7 Å². The second-order valence-corrected chi connectivity index (χ2v) is 6.36. The lowest BCUT2D eigenvalue weighted by Gasteiger charge is -2.38. The summed E-state index contributed by atoms with van der Waals surface area (Å²) in [6.45, 7) is 7.95. The molecule has 0 aliphatic carbocycles. The van der Waals surface area contributed by atoms with E-state index in [-0.39, 0.29) is 5.41 Å². The Bertz CT molecular complexity index is 388. The van der Waals surface area contributed by atoms with Gasteiger partial charge >= 0.3 is 0 Å². The van der Waals surface area contributed by atoms with Crippen LogP contribution >= 0.6 is 15.9 Å². The van der Waals surface area contributed by atoms with Crippen LogP contribution in [0.4, 0.5) is 0 Å². The molecule has 2 rings (SSSR count). The van der Waals surface area contributed by atoms with Gasteiger partial charge in [0.1, 0.15) is 12.4 Å². The van der Waals surface area contributed by atoms with E-state index in [1.54, 1.807) is 0 Å². The molecule has 100 valence electrons. The molecule has 1 heterocycles. The van der Waals surface area contributed by atoms with E-state index in [1.807, 2.05) is 24.3 Å². The van der Waals surface area contributed by atoms with Gasteiger partial charge in [0.15, 0.2) is 0 Å². The molecule has 0 atom stereocenters. The first kappa shape index (κ1) is 13.8. The van der Waals surface area contributed by atoms with Crippen molar-refractivity contribution in [3.8, 4) is 5.75 Å². The van der Waals surface area contributed by atoms with Gasteiger partial charge in [-0.25, -0.2) is 0 Å². The number of benzene rings is 1. The molecule has 0 radical (unpaired) electrons. The molecule has 1 aromatic carbocycles. The van der Waals surface area contributed by atoms with Crippen molar-refractivity contribution < 1.29 is 14.2 Å². The zero-order valence-electron chi connectivity index (χ0n) is 11.0. The molecular weight excluding hydrogens is 296 g/mol. The second kappa shape index (κ2) is 5.19. The molecule has 0 amide bonds. The van der Waals surface area contributed by atoms with Gasteiger partial charge < -0.3 is 14.2 Å². The Kier molecular flexibility index (Phi) is 3.99. The summed E-state index contributed by atoms with van der Waals surface area (Å²) in [5, 5.41) is 0. The normalized spacial score (nSPS) is 18.9. The Labute approximate surface area is 117 Å². The summed E-state index contributed by atoms with van der Waals surface area (Å²) in [7, 11) is 0. The molecule has 1 fully saturated rings. The summed E-state index contributed by atoms with van der Waals surface area (Å²) in [5.74, 6) is 0.168. The lowest BCUT2D eigenvalue weighted by Crippen LogP contribution is -2.49. The van der Waals surface area contributed by atoms with Gasteiger partial charge in [-0.05, 0) is 24.3 Å². The highest BCUT2D eigenvalue weighted by atomic mass is 79.9. The van der Waals surface area contributed by atoms with E-state index >= 15 is 0 Å².